The Morgan fingerprint density at radius 3 is 2.27 bits per heavy atom. The minimum Gasteiger partial charge on any atom is -0.481 e. The summed E-state index contributed by atoms with van der Waals surface area (Å²) in [5, 5.41) is 8.58. The monoisotopic (exact) mass is 308 g/mol. The lowest BCUT2D eigenvalue weighted by Crippen LogP contribution is -2.07. The molecule has 1 aliphatic rings. The molecule has 2 heteroatoms. The van der Waals surface area contributed by atoms with Gasteiger partial charge in [0.05, 0.1) is 6.42 Å². The molecule has 1 saturated carbocycles. The van der Waals surface area contributed by atoms with Crippen molar-refractivity contribution in [1.29, 1.82) is 0 Å². The van der Waals surface area contributed by atoms with Crippen LogP contribution in [0, 0.1) is 11.8 Å². The first-order chi connectivity index (χ1) is 10.7. The molecule has 128 valence electrons. The summed E-state index contributed by atoms with van der Waals surface area (Å²) in [5.41, 5.74) is 0. The Hall–Kier alpha value is -0.790. The standard InChI is InChI=1S/C20H36O2/c1-2-3-4-5-6-9-13-18-15-12-16-19(18)14-10-7-8-11-17-20(21)22/h8,11,18-19H,2-7,9-10,12-17H2,1H3,(H,21,22)/t18-,19-/m0/s1. The molecule has 0 aromatic carbocycles. The van der Waals surface area contributed by atoms with Gasteiger partial charge in [0.2, 0.25) is 0 Å². The van der Waals surface area contributed by atoms with Gasteiger partial charge in [-0.15, -0.1) is 0 Å². The first-order valence-corrected chi connectivity index (χ1v) is 9.60. The predicted molar refractivity (Wildman–Crippen MR) is 94.1 cm³/mol. The third-order valence-electron chi connectivity index (χ3n) is 5.15. The summed E-state index contributed by atoms with van der Waals surface area (Å²) >= 11 is 0. The van der Waals surface area contributed by atoms with Crippen LogP contribution in [0.25, 0.3) is 0 Å². The molecule has 1 fully saturated rings. The van der Waals surface area contributed by atoms with Crippen molar-refractivity contribution in [2.75, 3.05) is 0 Å². The Morgan fingerprint density at radius 1 is 0.955 bits per heavy atom. The van der Waals surface area contributed by atoms with E-state index in [2.05, 4.69) is 6.92 Å². The molecule has 22 heavy (non-hydrogen) atoms. The number of carbonyl (C=O) groups is 1. The van der Waals surface area contributed by atoms with Gasteiger partial charge in [0.25, 0.3) is 0 Å². The summed E-state index contributed by atoms with van der Waals surface area (Å²) in [5.74, 6) is 1.20. The number of rotatable bonds is 13. The first-order valence-electron chi connectivity index (χ1n) is 9.60. The van der Waals surface area contributed by atoms with E-state index >= 15 is 0 Å². The molecular weight excluding hydrogens is 272 g/mol. The van der Waals surface area contributed by atoms with Crippen LogP contribution in [0.5, 0.6) is 0 Å². The second-order valence-corrected chi connectivity index (χ2v) is 7.01. The van der Waals surface area contributed by atoms with E-state index in [0.717, 1.165) is 18.3 Å². The van der Waals surface area contributed by atoms with Crippen molar-refractivity contribution in [2.24, 2.45) is 11.8 Å². The summed E-state index contributed by atoms with van der Waals surface area (Å²) < 4.78 is 0. The van der Waals surface area contributed by atoms with Crippen LogP contribution < -0.4 is 0 Å². The number of hydrogen-bond donors (Lipinski definition) is 1. The Bertz CT molecular complexity index is 309. The van der Waals surface area contributed by atoms with Crippen molar-refractivity contribution in [2.45, 2.75) is 96.8 Å². The molecule has 1 aliphatic carbocycles. The summed E-state index contributed by atoms with van der Waals surface area (Å²) in [6.45, 7) is 2.28. The van der Waals surface area contributed by atoms with Gasteiger partial charge >= 0.3 is 5.97 Å². The largest absolute Gasteiger partial charge is 0.481 e. The number of hydrogen-bond acceptors (Lipinski definition) is 1. The quantitative estimate of drug-likeness (QED) is 0.318. The average molecular weight is 309 g/mol. The van der Waals surface area contributed by atoms with E-state index in [1.54, 1.807) is 6.08 Å². The highest BCUT2D eigenvalue weighted by atomic mass is 16.4. The zero-order valence-electron chi connectivity index (χ0n) is 14.6. The number of carboxylic acid groups (broad SMARTS) is 1. The van der Waals surface area contributed by atoms with Gasteiger partial charge in [-0.3, -0.25) is 4.79 Å². The normalized spacial score (nSPS) is 21.7. The number of unbranched alkanes of at least 4 members (excludes halogenated alkanes) is 6. The van der Waals surface area contributed by atoms with E-state index in [0.29, 0.717) is 0 Å². The van der Waals surface area contributed by atoms with Gasteiger partial charge in [0.1, 0.15) is 0 Å². The Kier molecular flexibility index (Phi) is 11.1. The molecule has 0 bridgehead atoms. The van der Waals surface area contributed by atoms with Gasteiger partial charge in [-0.1, -0.05) is 83.3 Å². The summed E-state index contributed by atoms with van der Waals surface area (Å²) in [4.78, 5) is 10.4. The first kappa shape index (κ1) is 19.3. The number of allylic oxidation sites excluding steroid dienone is 1. The second kappa shape index (κ2) is 12.7. The second-order valence-electron chi connectivity index (χ2n) is 7.01. The zero-order valence-corrected chi connectivity index (χ0v) is 14.6. The van der Waals surface area contributed by atoms with Gasteiger partial charge in [0, 0.05) is 0 Å². The fraction of sp³-hybridized carbons (Fsp3) is 0.850. The molecule has 0 amide bonds. The predicted octanol–water partition coefficient (Wildman–Crippen LogP) is 6.35. The Morgan fingerprint density at radius 2 is 1.59 bits per heavy atom. The maximum absolute atomic E-state index is 10.4. The highest BCUT2D eigenvalue weighted by molar-refractivity contribution is 5.68. The van der Waals surface area contributed by atoms with Crippen molar-refractivity contribution in [3.05, 3.63) is 12.2 Å². The summed E-state index contributed by atoms with van der Waals surface area (Å²) in [6.07, 6.45) is 21.9. The van der Waals surface area contributed by atoms with Crippen molar-refractivity contribution in [3.8, 4) is 0 Å². The van der Waals surface area contributed by atoms with Crippen LogP contribution in [0.2, 0.25) is 0 Å². The minimum atomic E-state index is -0.731. The molecule has 0 aromatic heterocycles. The highest BCUT2D eigenvalue weighted by Gasteiger charge is 2.25. The van der Waals surface area contributed by atoms with Gasteiger partial charge in [-0.05, 0) is 31.1 Å². The van der Waals surface area contributed by atoms with E-state index in [1.807, 2.05) is 6.08 Å². The lowest BCUT2D eigenvalue weighted by Gasteiger charge is -2.19. The van der Waals surface area contributed by atoms with Crippen molar-refractivity contribution < 1.29 is 9.90 Å². The summed E-state index contributed by atoms with van der Waals surface area (Å²) in [6, 6.07) is 0. The van der Waals surface area contributed by atoms with Crippen LogP contribution >= 0.6 is 0 Å². The van der Waals surface area contributed by atoms with Crippen LogP contribution in [0.4, 0.5) is 0 Å². The lowest BCUT2D eigenvalue weighted by molar-refractivity contribution is -0.136. The highest BCUT2D eigenvalue weighted by Crippen LogP contribution is 2.38. The van der Waals surface area contributed by atoms with Crippen LogP contribution in [-0.4, -0.2) is 11.1 Å². The summed E-state index contributed by atoms with van der Waals surface area (Å²) in [7, 11) is 0. The maximum atomic E-state index is 10.4. The van der Waals surface area contributed by atoms with Gasteiger partial charge < -0.3 is 5.11 Å². The van der Waals surface area contributed by atoms with Crippen molar-refractivity contribution >= 4 is 5.97 Å². The van der Waals surface area contributed by atoms with Gasteiger partial charge in [-0.2, -0.15) is 0 Å². The minimum absolute atomic E-state index is 0.171. The number of carboxylic acids is 1. The average Bonchev–Trinajstić information content (AvgIpc) is 2.93. The van der Waals surface area contributed by atoms with E-state index in [9.17, 15) is 4.79 Å². The third-order valence-corrected chi connectivity index (χ3v) is 5.15. The van der Waals surface area contributed by atoms with E-state index in [-0.39, 0.29) is 6.42 Å². The van der Waals surface area contributed by atoms with E-state index in [1.165, 1.54) is 77.0 Å². The van der Waals surface area contributed by atoms with E-state index < -0.39 is 5.97 Å². The van der Waals surface area contributed by atoms with Crippen molar-refractivity contribution in [1.82, 2.24) is 0 Å². The van der Waals surface area contributed by atoms with Gasteiger partial charge in [0.15, 0.2) is 0 Å². The smallest absolute Gasteiger partial charge is 0.307 e. The Balaban J connectivity index is 2.05. The SMILES string of the molecule is CCCCCCCC[C@H]1CCC[C@@H]1CCCC=CCC(=O)O. The number of aliphatic carboxylic acids is 1. The molecule has 0 saturated heterocycles. The fourth-order valence-electron chi connectivity index (χ4n) is 3.86. The van der Waals surface area contributed by atoms with Crippen LogP contribution in [-0.2, 0) is 4.79 Å². The third kappa shape index (κ3) is 9.27. The molecule has 1 rings (SSSR count). The van der Waals surface area contributed by atoms with Gasteiger partial charge in [-0.25, -0.2) is 0 Å². The Labute approximate surface area is 137 Å². The fourth-order valence-corrected chi connectivity index (χ4v) is 3.86. The molecule has 0 spiro atoms. The molecule has 0 unspecified atom stereocenters. The molecule has 0 aromatic rings. The molecule has 0 aliphatic heterocycles. The van der Waals surface area contributed by atoms with Crippen LogP contribution in [0.1, 0.15) is 96.8 Å². The topological polar surface area (TPSA) is 37.3 Å². The van der Waals surface area contributed by atoms with Crippen LogP contribution in [0.15, 0.2) is 12.2 Å². The molecule has 1 N–H and O–H groups in total. The molecule has 0 heterocycles. The maximum Gasteiger partial charge on any atom is 0.307 e. The van der Waals surface area contributed by atoms with E-state index in [4.69, 9.17) is 5.11 Å². The molecule has 2 atom stereocenters. The molecular formula is C20H36O2. The molecule has 2 nitrogen and oxygen atoms in total. The van der Waals surface area contributed by atoms with Crippen molar-refractivity contribution in [3.63, 3.8) is 0 Å². The molecule has 0 radical (unpaired) electrons. The zero-order chi connectivity index (χ0) is 16.0. The van der Waals surface area contributed by atoms with Crippen LogP contribution in [0.3, 0.4) is 0 Å². The lowest BCUT2D eigenvalue weighted by atomic mass is 9.87.